The summed E-state index contributed by atoms with van der Waals surface area (Å²) in [6.45, 7) is 0.251. The number of hydrogen-bond donors (Lipinski definition) is 2. The van der Waals surface area contributed by atoms with Crippen LogP contribution in [0.2, 0.25) is 0 Å². The van der Waals surface area contributed by atoms with Crippen LogP contribution in [0.15, 0.2) is 29.2 Å². The second-order valence-corrected chi connectivity index (χ2v) is 5.41. The minimum atomic E-state index is -1.10. The monoisotopic (exact) mass is 315 g/mol. The maximum atomic E-state index is 13.4. The zero-order valence-electron chi connectivity index (χ0n) is 11.7. The van der Waals surface area contributed by atoms with Crippen LogP contribution in [-0.2, 0) is 14.3 Å². The molecule has 0 saturated heterocycles. The topological polar surface area (TPSA) is 75.6 Å². The van der Waals surface area contributed by atoms with Crippen LogP contribution in [0.5, 0.6) is 0 Å². The first-order valence-corrected chi connectivity index (χ1v) is 7.41. The zero-order chi connectivity index (χ0) is 15.7. The molecule has 0 fully saturated rings. The number of rotatable bonds is 9. The number of thioether (sulfide) groups is 1. The van der Waals surface area contributed by atoms with Crippen molar-refractivity contribution in [1.82, 2.24) is 5.32 Å². The van der Waals surface area contributed by atoms with E-state index < -0.39 is 12.0 Å². The van der Waals surface area contributed by atoms with Crippen molar-refractivity contribution in [2.45, 2.75) is 23.8 Å². The summed E-state index contributed by atoms with van der Waals surface area (Å²) in [4.78, 5) is 23.1. The summed E-state index contributed by atoms with van der Waals surface area (Å²) in [6.07, 6.45) is 0.327. The van der Waals surface area contributed by atoms with Crippen LogP contribution in [0.1, 0.15) is 12.8 Å². The van der Waals surface area contributed by atoms with Gasteiger partial charge in [0.25, 0.3) is 0 Å². The van der Waals surface area contributed by atoms with Gasteiger partial charge in [-0.05, 0) is 12.1 Å². The SMILES string of the molecule is COCCC(NC(=O)CCSc1ccccc1F)C(=O)O. The van der Waals surface area contributed by atoms with E-state index in [2.05, 4.69) is 5.32 Å². The molecule has 0 heterocycles. The van der Waals surface area contributed by atoms with E-state index in [1.54, 1.807) is 18.2 Å². The fraction of sp³-hybridized carbons (Fsp3) is 0.429. The van der Waals surface area contributed by atoms with Crippen LogP contribution in [0, 0.1) is 5.82 Å². The molecular formula is C14H18FNO4S. The molecule has 0 spiro atoms. The van der Waals surface area contributed by atoms with Gasteiger partial charge in [0.2, 0.25) is 5.91 Å². The smallest absolute Gasteiger partial charge is 0.326 e. The lowest BCUT2D eigenvalue weighted by atomic mass is 10.2. The molecule has 1 aromatic carbocycles. The average Bonchev–Trinajstić information content (AvgIpc) is 2.45. The summed E-state index contributed by atoms with van der Waals surface area (Å²) in [6, 6.07) is 5.34. The fourth-order valence-electron chi connectivity index (χ4n) is 1.58. The van der Waals surface area contributed by atoms with Crippen LogP contribution >= 0.6 is 11.8 Å². The summed E-state index contributed by atoms with van der Waals surface area (Å²) in [7, 11) is 1.46. The number of carboxylic acid groups (broad SMARTS) is 1. The molecule has 0 aliphatic carbocycles. The third-order valence-electron chi connectivity index (χ3n) is 2.67. The molecular weight excluding hydrogens is 297 g/mol. The van der Waals surface area contributed by atoms with Gasteiger partial charge in [0.05, 0.1) is 0 Å². The van der Waals surface area contributed by atoms with Gasteiger partial charge in [0, 0.05) is 37.2 Å². The summed E-state index contributed by atoms with van der Waals surface area (Å²) in [5.41, 5.74) is 0. The largest absolute Gasteiger partial charge is 0.480 e. The van der Waals surface area contributed by atoms with Crippen molar-refractivity contribution in [1.29, 1.82) is 0 Å². The molecule has 1 rings (SSSR count). The number of carbonyl (C=O) groups is 2. The van der Waals surface area contributed by atoms with Crippen molar-refractivity contribution in [3.05, 3.63) is 30.1 Å². The van der Waals surface area contributed by atoms with E-state index >= 15 is 0 Å². The number of halogens is 1. The number of benzene rings is 1. The van der Waals surface area contributed by atoms with Crippen molar-refractivity contribution in [3.63, 3.8) is 0 Å². The Morgan fingerprint density at radius 2 is 2.14 bits per heavy atom. The Hall–Kier alpha value is -1.60. The Morgan fingerprint density at radius 3 is 2.76 bits per heavy atom. The molecule has 1 aromatic rings. The zero-order valence-corrected chi connectivity index (χ0v) is 12.5. The van der Waals surface area contributed by atoms with E-state index in [1.165, 1.54) is 24.9 Å². The standard InChI is InChI=1S/C14H18FNO4S/c1-20-8-6-11(14(18)19)16-13(17)7-9-21-12-5-3-2-4-10(12)15/h2-5,11H,6-9H2,1H3,(H,16,17)(H,18,19). The number of ether oxygens (including phenoxy) is 1. The van der Waals surface area contributed by atoms with Crippen LogP contribution in [0.25, 0.3) is 0 Å². The average molecular weight is 315 g/mol. The van der Waals surface area contributed by atoms with Crippen molar-refractivity contribution < 1.29 is 23.8 Å². The molecule has 0 saturated carbocycles. The van der Waals surface area contributed by atoms with Crippen molar-refractivity contribution in [2.24, 2.45) is 0 Å². The Morgan fingerprint density at radius 1 is 1.43 bits per heavy atom. The number of carbonyl (C=O) groups excluding carboxylic acids is 1. The summed E-state index contributed by atoms with van der Waals surface area (Å²) in [5.74, 6) is -1.42. The number of amides is 1. The normalized spacial score (nSPS) is 11.9. The molecule has 1 unspecified atom stereocenters. The van der Waals surface area contributed by atoms with Gasteiger partial charge in [-0.25, -0.2) is 9.18 Å². The molecule has 0 aromatic heterocycles. The predicted octanol–water partition coefficient (Wildman–Crippen LogP) is 1.91. The van der Waals surface area contributed by atoms with E-state index in [4.69, 9.17) is 9.84 Å². The van der Waals surface area contributed by atoms with Crippen molar-refractivity contribution in [3.8, 4) is 0 Å². The third kappa shape index (κ3) is 6.59. The molecule has 0 aliphatic heterocycles. The van der Waals surface area contributed by atoms with Crippen molar-refractivity contribution in [2.75, 3.05) is 19.5 Å². The van der Waals surface area contributed by atoms with Crippen molar-refractivity contribution >= 4 is 23.6 Å². The highest BCUT2D eigenvalue weighted by molar-refractivity contribution is 7.99. The summed E-state index contributed by atoms with van der Waals surface area (Å²) < 4.78 is 18.2. The summed E-state index contributed by atoms with van der Waals surface area (Å²) >= 11 is 1.22. The van der Waals surface area contributed by atoms with E-state index in [9.17, 15) is 14.0 Å². The Kier molecular flexibility index (Phi) is 7.78. The van der Waals surface area contributed by atoms with E-state index in [-0.39, 0.29) is 31.2 Å². The second kappa shape index (κ2) is 9.36. The minimum Gasteiger partial charge on any atom is -0.480 e. The predicted molar refractivity (Wildman–Crippen MR) is 77.8 cm³/mol. The van der Waals surface area contributed by atoms with E-state index in [0.717, 1.165) is 0 Å². The Bertz CT molecular complexity index is 484. The maximum absolute atomic E-state index is 13.4. The van der Waals surface area contributed by atoms with E-state index in [1.807, 2.05) is 0 Å². The molecule has 1 atom stereocenters. The van der Waals surface area contributed by atoms with Gasteiger partial charge in [0.1, 0.15) is 11.9 Å². The van der Waals surface area contributed by atoms with Gasteiger partial charge in [0.15, 0.2) is 0 Å². The maximum Gasteiger partial charge on any atom is 0.326 e. The highest BCUT2D eigenvalue weighted by Gasteiger charge is 2.19. The highest BCUT2D eigenvalue weighted by Crippen LogP contribution is 2.21. The number of nitrogens with one attached hydrogen (secondary N) is 1. The van der Waals surface area contributed by atoms with Gasteiger partial charge in [-0.2, -0.15) is 0 Å². The Balaban J connectivity index is 2.36. The molecule has 21 heavy (non-hydrogen) atoms. The van der Waals surface area contributed by atoms with Crippen LogP contribution in [0.4, 0.5) is 4.39 Å². The lowest BCUT2D eigenvalue weighted by Crippen LogP contribution is -2.41. The molecule has 1 amide bonds. The lowest BCUT2D eigenvalue weighted by Gasteiger charge is -2.13. The molecule has 5 nitrogen and oxygen atoms in total. The van der Waals surface area contributed by atoms with Gasteiger partial charge in [-0.1, -0.05) is 12.1 Å². The van der Waals surface area contributed by atoms with E-state index in [0.29, 0.717) is 10.6 Å². The van der Waals surface area contributed by atoms with Gasteiger partial charge in [-0.15, -0.1) is 11.8 Å². The number of aliphatic carboxylic acids is 1. The highest BCUT2D eigenvalue weighted by atomic mass is 32.2. The quantitative estimate of drug-likeness (QED) is 0.681. The number of carboxylic acids is 1. The van der Waals surface area contributed by atoms with Crippen LogP contribution in [0.3, 0.4) is 0 Å². The fourth-order valence-corrected chi connectivity index (χ4v) is 2.46. The van der Waals surface area contributed by atoms with Gasteiger partial charge < -0.3 is 15.2 Å². The van der Waals surface area contributed by atoms with Gasteiger partial charge >= 0.3 is 5.97 Å². The molecule has 116 valence electrons. The van der Waals surface area contributed by atoms with Gasteiger partial charge in [-0.3, -0.25) is 4.79 Å². The Labute approximate surface area is 126 Å². The molecule has 0 aliphatic rings. The van der Waals surface area contributed by atoms with Crippen LogP contribution < -0.4 is 5.32 Å². The number of methoxy groups -OCH3 is 1. The molecule has 0 radical (unpaired) electrons. The minimum absolute atomic E-state index is 0.121. The van der Waals surface area contributed by atoms with Crippen LogP contribution in [-0.4, -0.2) is 42.5 Å². The molecule has 0 bridgehead atoms. The first kappa shape index (κ1) is 17.5. The summed E-state index contributed by atoms with van der Waals surface area (Å²) in [5, 5.41) is 11.4. The molecule has 2 N–H and O–H groups in total. The lowest BCUT2D eigenvalue weighted by molar-refractivity contribution is -0.142. The number of hydrogen-bond acceptors (Lipinski definition) is 4. The third-order valence-corrected chi connectivity index (χ3v) is 3.72. The first-order chi connectivity index (χ1) is 10.0. The second-order valence-electron chi connectivity index (χ2n) is 4.27. The first-order valence-electron chi connectivity index (χ1n) is 6.43. The molecule has 7 heteroatoms.